The van der Waals surface area contributed by atoms with Crippen LogP contribution in [0.15, 0.2) is 0 Å². The van der Waals surface area contributed by atoms with Gasteiger partial charge in [-0.3, -0.25) is 0 Å². The highest BCUT2D eigenvalue weighted by molar-refractivity contribution is 4.81. The van der Waals surface area contributed by atoms with Crippen molar-refractivity contribution in [3.8, 4) is 0 Å². The van der Waals surface area contributed by atoms with E-state index in [2.05, 4.69) is 43.1 Å². The van der Waals surface area contributed by atoms with Crippen molar-refractivity contribution in [3.05, 3.63) is 0 Å². The summed E-state index contributed by atoms with van der Waals surface area (Å²) >= 11 is 0. The van der Waals surface area contributed by atoms with E-state index in [1.807, 2.05) is 0 Å². The molecule has 4 heteroatoms. The van der Waals surface area contributed by atoms with E-state index >= 15 is 0 Å². The molecule has 17 heavy (non-hydrogen) atoms. The number of nitrogens with one attached hydrogen (secondary N) is 1. The summed E-state index contributed by atoms with van der Waals surface area (Å²) in [4.78, 5) is 4.82. The van der Waals surface area contributed by atoms with Gasteiger partial charge in [0.25, 0.3) is 0 Å². The molecule has 2 N–H and O–H groups in total. The van der Waals surface area contributed by atoms with Crippen molar-refractivity contribution in [2.45, 2.75) is 44.8 Å². The highest BCUT2D eigenvalue weighted by Gasteiger charge is 2.24. The smallest absolute Gasteiger partial charge is 0.0585 e. The van der Waals surface area contributed by atoms with E-state index < -0.39 is 0 Å². The molecule has 102 valence electrons. The Morgan fingerprint density at radius 2 is 2.12 bits per heavy atom. The maximum Gasteiger partial charge on any atom is 0.0585 e. The molecular formula is C13H29N3O. The average Bonchev–Trinajstić information content (AvgIpc) is 2.72. The number of aliphatic hydroxyl groups excluding tert-OH is 1. The Hall–Kier alpha value is -0.160. The van der Waals surface area contributed by atoms with Crippen LogP contribution in [0.1, 0.15) is 26.7 Å². The van der Waals surface area contributed by atoms with Crippen LogP contribution in [0.4, 0.5) is 0 Å². The monoisotopic (exact) mass is 243 g/mol. The maximum atomic E-state index is 9.30. The van der Waals surface area contributed by atoms with E-state index in [0.717, 1.165) is 13.0 Å². The highest BCUT2D eigenvalue weighted by Crippen LogP contribution is 2.13. The Labute approximate surface area is 106 Å². The van der Waals surface area contributed by atoms with Crippen LogP contribution in [-0.2, 0) is 0 Å². The summed E-state index contributed by atoms with van der Waals surface area (Å²) in [6, 6.07) is 1.40. The van der Waals surface area contributed by atoms with Crippen molar-refractivity contribution < 1.29 is 5.11 Å². The zero-order valence-electron chi connectivity index (χ0n) is 11.8. The van der Waals surface area contributed by atoms with E-state index in [9.17, 15) is 5.11 Å². The van der Waals surface area contributed by atoms with E-state index in [4.69, 9.17) is 0 Å². The zero-order chi connectivity index (χ0) is 12.8. The third-order valence-corrected chi connectivity index (χ3v) is 3.56. The van der Waals surface area contributed by atoms with Gasteiger partial charge in [0.2, 0.25) is 0 Å². The topological polar surface area (TPSA) is 38.7 Å². The Balaban J connectivity index is 2.22. The molecule has 1 heterocycles. The molecule has 0 aromatic rings. The van der Waals surface area contributed by atoms with Crippen LogP contribution >= 0.6 is 0 Å². The molecule has 0 radical (unpaired) electrons. The van der Waals surface area contributed by atoms with Crippen LogP contribution in [-0.4, -0.2) is 73.4 Å². The quantitative estimate of drug-likeness (QED) is 0.678. The van der Waals surface area contributed by atoms with Crippen molar-refractivity contribution in [1.29, 1.82) is 0 Å². The first-order valence-corrected chi connectivity index (χ1v) is 6.78. The molecule has 2 unspecified atom stereocenters. The zero-order valence-corrected chi connectivity index (χ0v) is 11.8. The molecule has 2 atom stereocenters. The fraction of sp³-hybridized carbons (Fsp3) is 1.00. The van der Waals surface area contributed by atoms with Gasteiger partial charge in [0.15, 0.2) is 0 Å². The fourth-order valence-electron chi connectivity index (χ4n) is 2.47. The first kappa shape index (κ1) is 14.9. The number of hydrogen-bond acceptors (Lipinski definition) is 4. The average molecular weight is 243 g/mol. The summed E-state index contributed by atoms with van der Waals surface area (Å²) in [6.07, 6.45) is 2.31. The predicted octanol–water partition coefficient (Wildman–Crippen LogP) is 0.371. The van der Waals surface area contributed by atoms with Crippen LogP contribution in [0, 0.1) is 0 Å². The number of rotatable bonds is 7. The molecule has 1 saturated heterocycles. The third-order valence-electron chi connectivity index (χ3n) is 3.56. The van der Waals surface area contributed by atoms with Crippen LogP contribution in [0.3, 0.4) is 0 Å². The van der Waals surface area contributed by atoms with Crippen LogP contribution in [0.2, 0.25) is 0 Å². The molecule has 1 aliphatic heterocycles. The lowest BCUT2D eigenvalue weighted by Gasteiger charge is -2.23. The van der Waals surface area contributed by atoms with Crippen LogP contribution in [0.5, 0.6) is 0 Å². The van der Waals surface area contributed by atoms with E-state index in [1.54, 1.807) is 0 Å². The van der Waals surface area contributed by atoms with Gasteiger partial charge in [0, 0.05) is 24.7 Å². The first-order valence-electron chi connectivity index (χ1n) is 6.78. The van der Waals surface area contributed by atoms with Gasteiger partial charge in [-0.25, -0.2) is 0 Å². The summed E-state index contributed by atoms with van der Waals surface area (Å²) < 4.78 is 0. The molecule has 4 nitrogen and oxygen atoms in total. The Morgan fingerprint density at radius 3 is 2.59 bits per heavy atom. The molecule has 1 rings (SSSR count). The lowest BCUT2D eigenvalue weighted by molar-refractivity contribution is 0.205. The standard InChI is InChI=1S/C13H29N3O/c1-11(2)14-12(10-17)5-7-16-8-6-13(9-16)15(3)4/h11-14,17H,5-10H2,1-4H3. The Kier molecular flexibility index (Phi) is 6.41. The molecule has 0 aromatic heterocycles. The second-order valence-electron chi connectivity index (χ2n) is 5.70. The van der Waals surface area contributed by atoms with E-state index in [1.165, 1.54) is 19.5 Å². The van der Waals surface area contributed by atoms with Gasteiger partial charge in [0.05, 0.1) is 6.61 Å². The number of likely N-dealkylation sites (N-methyl/N-ethyl adjacent to an activating group) is 1. The van der Waals surface area contributed by atoms with Gasteiger partial charge in [-0.2, -0.15) is 0 Å². The van der Waals surface area contributed by atoms with Crippen molar-refractivity contribution in [2.24, 2.45) is 0 Å². The largest absolute Gasteiger partial charge is 0.395 e. The number of aliphatic hydroxyl groups is 1. The number of likely N-dealkylation sites (tertiary alicyclic amines) is 1. The fourth-order valence-corrected chi connectivity index (χ4v) is 2.47. The summed E-state index contributed by atoms with van der Waals surface area (Å²) in [7, 11) is 4.32. The van der Waals surface area contributed by atoms with Gasteiger partial charge in [0.1, 0.15) is 0 Å². The molecule has 0 amide bonds. The SMILES string of the molecule is CC(C)NC(CO)CCN1CCC(N(C)C)C1. The van der Waals surface area contributed by atoms with E-state index in [0.29, 0.717) is 12.1 Å². The van der Waals surface area contributed by atoms with Crippen LogP contribution in [0.25, 0.3) is 0 Å². The normalized spacial score (nSPS) is 23.8. The maximum absolute atomic E-state index is 9.30. The van der Waals surface area contributed by atoms with Gasteiger partial charge < -0.3 is 20.2 Å². The molecule has 0 bridgehead atoms. The molecule has 1 fully saturated rings. The minimum atomic E-state index is 0.239. The molecule has 1 aliphatic rings. The first-order chi connectivity index (χ1) is 8.02. The van der Waals surface area contributed by atoms with Crippen molar-refractivity contribution in [3.63, 3.8) is 0 Å². The lowest BCUT2D eigenvalue weighted by Crippen LogP contribution is -2.40. The highest BCUT2D eigenvalue weighted by atomic mass is 16.3. The lowest BCUT2D eigenvalue weighted by atomic mass is 10.2. The van der Waals surface area contributed by atoms with Crippen LogP contribution < -0.4 is 5.32 Å². The predicted molar refractivity (Wildman–Crippen MR) is 72.3 cm³/mol. The van der Waals surface area contributed by atoms with E-state index in [-0.39, 0.29) is 12.6 Å². The summed E-state index contributed by atoms with van der Waals surface area (Å²) in [5.41, 5.74) is 0. The number of nitrogens with zero attached hydrogens (tertiary/aromatic N) is 2. The summed E-state index contributed by atoms with van der Waals surface area (Å²) in [6.45, 7) is 7.95. The van der Waals surface area contributed by atoms with Gasteiger partial charge in [-0.15, -0.1) is 0 Å². The Bertz CT molecular complexity index is 209. The minimum Gasteiger partial charge on any atom is -0.395 e. The van der Waals surface area contributed by atoms with Gasteiger partial charge >= 0.3 is 0 Å². The molecule has 0 aliphatic carbocycles. The van der Waals surface area contributed by atoms with Gasteiger partial charge in [-0.1, -0.05) is 13.8 Å². The summed E-state index contributed by atoms with van der Waals surface area (Å²) in [5.74, 6) is 0. The minimum absolute atomic E-state index is 0.239. The Morgan fingerprint density at radius 1 is 1.41 bits per heavy atom. The second-order valence-corrected chi connectivity index (χ2v) is 5.70. The molecular weight excluding hydrogens is 214 g/mol. The third kappa shape index (κ3) is 5.34. The van der Waals surface area contributed by atoms with Crippen molar-refractivity contribution >= 4 is 0 Å². The molecule has 0 saturated carbocycles. The second kappa shape index (κ2) is 7.31. The van der Waals surface area contributed by atoms with Crippen molar-refractivity contribution in [1.82, 2.24) is 15.1 Å². The summed E-state index contributed by atoms with van der Waals surface area (Å²) in [5, 5.41) is 12.7. The van der Waals surface area contributed by atoms with Gasteiger partial charge in [-0.05, 0) is 40.0 Å². The number of hydrogen-bond donors (Lipinski definition) is 2. The molecule has 0 aromatic carbocycles. The van der Waals surface area contributed by atoms with Crippen molar-refractivity contribution in [2.75, 3.05) is 40.3 Å². The molecule has 0 spiro atoms.